The fourth-order valence-corrected chi connectivity index (χ4v) is 9.31. The van der Waals surface area contributed by atoms with E-state index < -0.39 is 34.6 Å². The standard InChI is InChI=1S/C28H31N5O5S/c1-3-38-27(37)22-21-13-16(2)28(39-21)23(22)26(36)33(20(14-34)17-9-5-4-6-10-17)24(28)25(35)29-15-32-19-12-8-7-11-18(19)30-31-32/h4-12,16,20-24,34H,3,13-15H2,1-2H3,(H,29,35)/t16?,20-,21+,22-,23+,24?,28?/m1/s1. The highest BCUT2D eigenvalue weighted by molar-refractivity contribution is 8.02. The minimum atomic E-state index is -0.897. The molecule has 2 aromatic carbocycles. The van der Waals surface area contributed by atoms with Crippen LogP contribution in [0.2, 0.25) is 0 Å². The minimum Gasteiger partial charge on any atom is -0.466 e. The Labute approximate surface area is 230 Å². The van der Waals surface area contributed by atoms with Gasteiger partial charge in [0.25, 0.3) is 0 Å². The van der Waals surface area contributed by atoms with E-state index in [9.17, 15) is 19.5 Å². The Balaban J connectivity index is 1.40. The number of aromatic nitrogens is 3. The van der Waals surface area contributed by atoms with Gasteiger partial charge >= 0.3 is 5.97 Å². The molecule has 3 aromatic rings. The molecular formula is C28H31N5O5S. The molecule has 1 spiro atoms. The molecule has 3 aliphatic rings. The van der Waals surface area contributed by atoms with Gasteiger partial charge in [0.2, 0.25) is 11.8 Å². The molecule has 3 fully saturated rings. The van der Waals surface area contributed by atoms with Crippen LogP contribution in [-0.2, 0) is 25.8 Å². The third-order valence-electron chi connectivity index (χ3n) is 8.51. The monoisotopic (exact) mass is 549 g/mol. The zero-order valence-electron chi connectivity index (χ0n) is 21.8. The Morgan fingerprint density at radius 1 is 1.21 bits per heavy atom. The Hall–Kier alpha value is -3.44. The average molecular weight is 550 g/mol. The molecule has 11 heteroatoms. The lowest BCUT2D eigenvalue weighted by Crippen LogP contribution is -2.57. The Morgan fingerprint density at radius 2 is 1.95 bits per heavy atom. The van der Waals surface area contributed by atoms with Crippen molar-refractivity contribution in [2.24, 2.45) is 17.8 Å². The number of aliphatic hydroxyl groups is 1. The minimum absolute atomic E-state index is 0.00445. The first kappa shape index (κ1) is 25.8. The van der Waals surface area contributed by atoms with Crippen LogP contribution in [0.5, 0.6) is 0 Å². The van der Waals surface area contributed by atoms with Crippen molar-refractivity contribution in [3.05, 3.63) is 60.2 Å². The summed E-state index contributed by atoms with van der Waals surface area (Å²) in [6, 6.07) is 15.1. The topological polar surface area (TPSA) is 127 Å². The van der Waals surface area contributed by atoms with Crippen LogP contribution in [0.15, 0.2) is 54.6 Å². The molecule has 39 heavy (non-hydrogen) atoms. The summed E-state index contributed by atoms with van der Waals surface area (Å²) in [5.74, 6) is -2.37. The highest BCUT2D eigenvalue weighted by Crippen LogP contribution is 2.69. The van der Waals surface area contributed by atoms with Crippen LogP contribution in [0.25, 0.3) is 11.0 Å². The van der Waals surface area contributed by atoms with Crippen LogP contribution in [0.1, 0.15) is 31.9 Å². The quantitative estimate of drug-likeness (QED) is 0.410. The number of likely N-dealkylation sites (tertiary alicyclic amines) is 1. The van der Waals surface area contributed by atoms with E-state index in [4.69, 9.17) is 4.74 Å². The maximum atomic E-state index is 14.3. The second-order valence-electron chi connectivity index (χ2n) is 10.4. The molecule has 0 saturated carbocycles. The first-order chi connectivity index (χ1) is 18.9. The van der Waals surface area contributed by atoms with E-state index in [2.05, 4.69) is 22.6 Å². The molecular weight excluding hydrogens is 518 g/mol. The maximum absolute atomic E-state index is 14.3. The average Bonchev–Trinajstić information content (AvgIpc) is 3.66. The molecule has 0 aliphatic carbocycles. The van der Waals surface area contributed by atoms with Crippen molar-refractivity contribution in [3.8, 4) is 0 Å². The summed E-state index contributed by atoms with van der Waals surface area (Å²) in [6.45, 7) is 3.74. The van der Waals surface area contributed by atoms with E-state index in [0.29, 0.717) is 11.9 Å². The predicted octanol–water partition coefficient (Wildman–Crippen LogP) is 2.14. The molecule has 1 aromatic heterocycles. The van der Waals surface area contributed by atoms with Crippen molar-refractivity contribution in [3.63, 3.8) is 0 Å². The van der Waals surface area contributed by atoms with Gasteiger partial charge < -0.3 is 20.1 Å². The van der Waals surface area contributed by atoms with Crippen molar-refractivity contribution < 1.29 is 24.2 Å². The number of aliphatic hydroxyl groups excluding tert-OH is 1. The second kappa shape index (κ2) is 9.95. The van der Waals surface area contributed by atoms with Gasteiger partial charge in [-0.05, 0) is 37.0 Å². The van der Waals surface area contributed by atoms with E-state index in [0.717, 1.165) is 11.1 Å². The lowest BCUT2D eigenvalue weighted by molar-refractivity contribution is -0.154. The summed E-state index contributed by atoms with van der Waals surface area (Å²) in [5.41, 5.74) is 2.21. The zero-order valence-corrected chi connectivity index (χ0v) is 22.6. The summed E-state index contributed by atoms with van der Waals surface area (Å²) in [7, 11) is 0. The van der Waals surface area contributed by atoms with Crippen LogP contribution >= 0.6 is 11.8 Å². The van der Waals surface area contributed by atoms with Crippen LogP contribution < -0.4 is 5.32 Å². The number of amides is 2. The van der Waals surface area contributed by atoms with Gasteiger partial charge in [0, 0.05) is 5.25 Å². The second-order valence-corrected chi connectivity index (χ2v) is 12.0. The van der Waals surface area contributed by atoms with E-state index in [-0.39, 0.29) is 42.9 Å². The molecule has 2 bridgehead atoms. The molecule has 2 N–H and O–H groups in total. The van der Waals surface area contributed by atoms with Gasteiger partial charge in [0.15, 0.2) is 0 Å². The molecule has 0 radical (unpaired) electrons. The summed E-state index contributed by atoms with van der Waals surface area (Å²) in [4.78, 5) is 43.2. The number of carbonyl (C=O) groups excluding carboxylic acids is 3. The smallest absolute Gasteiger partial charge is 0.310 e. The third-order valence-corrected chi connectivity index (χ3v) is 10.6. The summed E-state index contributed by atoms with van der Waals surface area (Å²) in [5, 5.41) is 21.8. The van der Waals surface area contributed by atoms with E-state index >= 15 is 0 Å². The molecule has 10 nitrogen and oxygen atoms in total. The van der Waals surface area contributed by atoms with Crippen molar-refractivity contribution in [1.29, 1.82) is 0 Å². The number of hydrogen-bond donors (Lipinski definition) is 2. The predicted molar refractivity (Wildman–Crippen MR) is 144 cm³/mol. The molecule has 7 atom stereocenters. The summed E-state index contributed by atoms with van der Waals surface area (Å²) < 4.78 is 6.20. The number of benzene rings is 2. The molecule has 3 unspecified atom stereocenters. The zero-order chi connectivity index (χ0) is 27.3. The van der Waals surface area contributed by atoms with Crippen LogP contribution in [-0.4, -0.2) is 72.0 Å². The number of fused-ring (bicyclic) bond motifs is 2. The normalized spacial score (nSPS) is 30.0. The molecule has 3 saturated heterocycles. The molecule has 6 rings (SSSR count). The summed E-state index contributed by atoms with van der Waals surface area (Å²) in [6.07, 6.45) is 0.707. The summed E-state index contributed by atoms with van der Waals surface area (Å²) >= 11 is 1.57. The fraction of sp³-hybridized carbons (Fsp3) is 0.464. The van der Waals surface area contributed by atoms with Gasteiger partial charge in [-0.3, -0.25) is 14.4 Å². The largest absolute Gasteiger partial charge is 0.466 e. The molecule has 4 heterocycles. The number of thioether (sulfide) groups is 1. The SMILES string of the molecule is CCOC(=O)[C@@H]1[C@@H]2CC(C)C3(S2)C(C(=O)NCn2nnc4ccccc42)N([C@H](CO)c2ccccc2)C(=O)[C@H]13. The van der Waals surface area contributed by atoms with Crippen molar-refractivity contribution in [1.82, 2.24) is 25.2 Å². The van der Waals surface area contributed by atoms with Crippen molar-refractivity contribution in [2.45, 2.75) is 49.0 Å². The Kier molecular flexibility index (Phi) is 6.58. The number of rotatable bonds is 8. The maximum Gasteiger partial charge on any atom is 0.310 e. The first-order valence-electron chi connectivity index (χ1n) is 13.3. The molecule has 204 valence electrons. The van der Waals surface area contributed by atoms with Crippen LogP contribution in [0.4, 0.5) is 0 Å². The van der Waals surface area contributed by atoms with Crippen LogP contribution in [0, 0.1) is 17.8 Å². The van der Waals surface area contributed by atoms with Gasteiger partial charge in [-0.25, -0.2) is 4.68 Å². The van der Waals surface area contributed by atoms with Gasteiger partial charge in [0.05, 0.1) is 41.4 Å². The molecule has 3 aliphatic heterocycles. The van der Waals surface area contributed by atoms with Crippen molar-refractivity contribution in [2.75, 3.05) is 13.2 Å². The third kappa shape index (κ3) is 3.85. The number of nitrogens with one attached hydrogen (secondary N) is 1. The Morgan fingerprint density at radius 3 is 2.69 bits per heavy atom. The number of para-hydroxylation sites is 1. The van der Waals surface area contributed by atoms with E-state index in [1.807, 2.05) is 54.6 Å². The lowest BCUT2D eigenvalue weighted by Gasteiger charge is -2.40. The number of ether oxygens (including phenoxy) is 1. The Bertz CT molecular complexity index is 1420. The number of hydrogen-bond acceptors (Lipinski definition) is 8. The highest BCUT2D eigenvalue weighted by Gasteiger charge is 2.76. The van der Waals surface area contributed by atoms with Crippen LogP contribution in [0.3, 0.4) is 0 Å². The lowest BCUT2D eigenvalue weighted by atomic mass is 9.66. The first-order valence-corrected chi connectivity index (χ1v) is 14.2. The van der Waals surface area contributed by atoms with Gasteiger partial charge in [-0.2, -0.15) is 0 Å². The number of nitrogens with zero attached hydrogens (tertiary/aromatic N) is 4. The number of esters is 1. The van der Waals surface area contributed by atoms with Crippen molar-refractivity contribution >= 4 is 40.6 Å². The fourth-order valence-electron chi connectivity index (χ4n) is 6.91. The van der Waals surface area contributed by atoms with E-state index in [1.165, 1.54) is 4.90 Å². The van der Waals surface area contributed by atoms with Gasteiger partial charge in [-0.1, -0.05) is 54.6 Å². The van der Waals surface area contributed by atoms with Gasteiger partial charge in [0.1, 0.15) is 18.2 Å². The molecule has 2 amide bonds. The van der Waals surface area contributed by atoms with Gasteiger partial charge in [-0.15, -0.1) is 16.9 Å². The number of carbonyl (C=O) groups is 3. The van der Waals surface area contributed by atoms with E-state index in [1.54, 1.807) is 23.4 Å². The highest BCUT2D eigenvalue weighted by atomic mass is 32.2.